The second-order valence-electron chi connectivity index (χ2n) is 6.16. The van der Waals surface area contributed by atoms with Crippen LogP contribution in [0.1, 0.15) is 16.8 Å². The summed E-state index contributed by atoms with van der Waals surface area (Å²) in [6.07, 6.45) is 1.00. The molecule has 0 bridgehead atoms. The molecule has 1 aromatic carbocycles. The minimum Gasteiger partial charge on any atom is -0.477 e. The summed E-state index contributed by atoms with van der Waals surface area (Å²) in [5.74, 6) is -6.33. The highest BCUT2D eigenvalue weighted by molar-refractivity contribution is 6.38. The van der Waals surface area contributed by atoms with Gasteiger partial charge in [-0.25, -0.2) is 22.9 Å². The molecule has 12 heteroatoms. The van der Waals surface area contributed by atoms with Crippen LogP contribution in [0.5, 0.6) is 0 Å². The summed E-state index contributed by atoms with van der Waals surface area (Å²) in [6.45, 7) is -0.0668. The molecule has 0 spiro atoms. The van der Waals surface area contributed by atoms with Gasteiger partial charge in [0.1, 0.15) is 11.4 Å². The fraction of sp³-hybridized carbons (Fsp3) is 0.167. The Kier molecular flexibility index (Phi) is 5.85. The van der Waals surface area contributed by atoms with Crippen LogP contribution in [0, 0.1) is 17.5 Å². The standard InChI is InChI=1S/C18H14ClF3N4O4/c19-12-13(24-2-1-3-27)9(20)4-7-14(12)26(6-8(15(7)28)18(29)30)17-11(22)5-10(21)16(23)25-17/h4-6,24,27H,1-3H2,(H2,23,25)(H,29,30). The lowest BCUT2D eigenvalue weighted by Gasteiger charge is -2.17. The number of nitrogens with one attached hydrogen (secondary N) is 1. The van der Waals surface area contributed by atoms with E-state index in [1.807, 2.05) is 0 Å². The zero-order chi connectivity index (χ0) is 22.2. The van der Waals surface area contributed by atoms with Crippen LogP contribution in [0.2, 0.25) is 5.02 Å². The van der Waals surface area contributed by atoms with Crippen LogP contribution in [-0.2, 0) is 0 Å². The monoisotopic (exact) mass is 442 g/mol. The first-order chi connectivity index (χ1) is 14.2. The van der Waals surface area contributed by atoms with Gasteiger partial charge in [0.2, 0.25) is 5.43 Å². The van der Waals surface area contributed by atoms with Gasteiger partial charge in [-0.3, -0.25) is 9.36 Å². The number of aliphatic hydroxyl groups excluding tert-OH is 1. The number of pyridine rings is 2. The third-order valence-electron chi connectivity index (χ3n) is 4.21. The first kappa shape index (κ1) is 21.4. The zero-order valence-electron chi connectivity index (χ0n) is 15.0. The van der Waals surface area contributed by atoms with E-state index in [0.29, 0.717) is 6.07 Å². The van der Waals surface area contributed by atoms with Crippen molar-refractivity contribution in [2.24, 2.45) is 0 Å². The lowest BCUT2D eigenvalue weighted by Crippen LogP contribution is -2.20. The van der Waals surface area contributed by atoms with Gasteiger partial charge in [-0.1, -0.05) is 11.6 Å². The molecule has 0 fully saturated rings. The lowest BCUT2D eigenvalue weighted by molar-refractivity contribution is 0.0695. The number of fused-ring (bicyclic) bond motifs is 1. The molecule has 0 aliphatic carbocycles. The Morgan fingerprint density at radius 1 is 1.23 bits per heavy atom. The molecule has 0 unspecified atom stereocenters. The molecule has 0 aliphatic heterocycles. The molecule has 8 nitrogen and oxygen atoms in total. The Morgan fingerprint density at radius 3 is 2.57 bits per heavy atom. The summed E-state index contributed by atoms with van der Waals surface area (Å²) in [6, 6.07) is 1.18. The zero-order valence-corrected chi connectivity index (χ0v) is 15.8. The number of aliphatic hydroxyl groups is 1. The number of carbonyl (C=O) groups is 1. The van der Waals surface area contributed by atoms with Gasteiger partial charge in [-0.2, -0.15) is 0 Å². The highest BCUT2D eigenvalue weighted by Crippen LogP contribution is 2.34. The van der Waals surface area contributed by atoms with Crippen molar-refractivity contribution < 1.29 is 28.2 Å². The Balaban J connectivity index is 2.44. The molecule has 3 rings (SSSR count). The second-order valence-corrected chi connectivity index (χ2v) is 6.53. The normalized spacial score (nSPS) is 11.1. The summed E-state index contributed by atoms with van der Waals surface area (Å²) in [4.78, 5) is 27.6. The van der Waals surface area contributed by atoms with Gasteiger partial charge in [-0.05, 0) is 12.5 Å². The topological polar surface area (TPSA) is 130 Å². The predicted octanol–water partition coefficient (Wildman–Crippen LogP) is 2.53. The number of rotatable bonds is 6. The quantitative estimate of drug-likeness (QED) is 0.431. The molecule has 0 amide bonds. The molecule has 5 N–H and O–H groups in total. The Labute approximate surface area is 171 Å². The first-order valence-electron chi connectivity index (χ1n) is 8.44. The average Bonchev–Trinajstić information content (AvgIpc) is 2.68. The van der Waals surface area contributed by atoms with Crippen LogP contribution < -0.4 is 16.5 Å². The number of aromatic nitrogens is 2. The van der Waals surface area contributed by atoms with E-state index in [0.717, 1.165) is 16.8 Å². The molecule has 0 saturated carbocycles. The van der Waals surface area contributed by atoms with Gasteiger partial charge in [0, 0.05) is 25.4 Å². The third kappa shape index (κ3) is 3.64. The van der Waals surface area contributed by atoms with Crippen LogP contribution >= 0.6 is 11.6 Å². The van der Waals surface area contributed by atoms with E-state index in [9.17, 15) is 27.9 Å². The number of halogens is 4. The molecule has 30 heavy (non-hydrogen) atoms. The summed E-state index contributed by atoms with van der Waals surface area (Å²) in [7, 11) is 0. The number of nitrogen functional groups attached to an aromatic ring is 1. The number of carboxylic acid groups (broad SMARTS) is 1. The Hall–Kier alpha value is -3.31. The van der Waals surface area contributed by atoms with Crippen molar-refractivity contribution in [3.8, 4) is 5.82 Å². The minimum atomic E-state index is -1.66. The number of anilines is 2. The fourth-order valence-corrected chi connectivity index (χ4v) is 3.18. The molecule has 2 heterocycles. The summed E-state index contributed by atoms with van der Waals surface area (Å²) in [5.41, 5.74) is 2.99. The SMILES string of the molecule is Nc1nc(-n2cc(C(=O)O)c(=O)c3cc(F)c(NCCCO)c(Cl)c32)c(F)cc1F. The van der Waals surface area contributed by atoms with E-state index >= 15 is 0 Å². The molecule has 0 aliphatic rings. The van der Waals surface area contributed by atoms with E-state index in [4.69, 9.17) is 22.4 Å². The van der Waals surface area contributed by atoms with E-state index in [1.54, 1.807) is 0 Å². The number of hydrogen-bond acceptors (Lipinski definition) is 6. The van der Waals surface area contributed by atoms with Crippen molar-refractivity contribution in [1.82, 2.24) is 9.55 Å². The average molecular weight is 443 g/mol. The summed E-state index contributed by atoms with van der Waals surface area (Å²) in [5, 5.41) is 20.0. The second kappa shape index (κ2) is 8.20. The molecular weight excluding hydrogens is 429 g/mol. The van der Waals surface area contributed by atoms with Crippen molar-refractivity contribution in [3.05, 3.63) is 56.6 Å². The summed E-state index contributed by atoms with van der Waals surface area (Å²) < 4.78 is 43.4. The molecule has 2 aromatic heterocycles. The van der Waals surface area contributed by atoms with E-state index in [-0.39, 0.29) is 35.8 Å². The number of nitrogens with two attached hydrogens (primary N) is 1. The van der Waals surface area contributed by atoms with Crippen molar-refractivity contribution in [1.29, 1.82) is 0 Å². The van der Waals surface area contributed by atoms with Gasteiger partial charge >= 0.3 is 5.97 Å². The van der Waals surface area contributed by atoms with Crippen molar-refractivity contribution >= 4 is 40.0 Å². The van der Waals surface area contributed by atoms with Crippen LogP contribution in [0.25, 0.3) is 16.7 Å². The molecule has 0 atom stereocenters. The third-order valence-corrected chi connectivity index (χ3v) is 4.58. The molecule has 3 aromatic rings. The van der Waals surface area contributed by atoms with Crippen molar-refractivity contribution in [2.45, 2.75) is 6.42 Å². The molecule has 0 radical (unpaired) electrons. The number of aromatic carboxylic acids is 1. The van der Waals surface area contributed by atoms with Gasteiger partial charge in [-0.15, -0.1) is 0 Å². The van der Waals surface area contributed by atoms with Crippen LogP contribution in [0.15, 0.2) is 23.1 Å². The highest BCUT2D eigenvalue weighted by Gasteiger charge is 2.24. The van der Waals surface area contributed by atoms with E-state index in [2.05, 4.69) is 10.3 Å². The van der Waals surface area contributed by atoms with E-state index in [1.165, 1.54) is 0 Å². The highest BCUT2D eigenvalue weighted by atomic mass is 35.5. The maximum atomic E-state index is 14.6. The number of hydrogen-bond donors (Lipinski definition) is 4. The predicted molar refractivity (Wildman–Crippen MR) is 104 cm³/mol. The van der Waals surface area contributed by atoms with Crippen LogP contribution in [0.3, 0.4) is 0 Å². The van der Waals surface area contributed by atoms with Gasteiger partial charge < -0.3 is 21.3 Å². The van der Waals surface area contributed by atoms with Gasteiger partial charge in [0.15, 0.2) is 23.3 Å². The number of nitrogens with zero attached hydrogens (tertiary/aromatic N) is 2. The molecule has 0 saturated heterocycles. The van der Waals surface area contributed by atoms with E-state index < -0.39 is 51.4 Å². The maximum Gasteiger partial charge on any atom is 0.341 e. The molecule has 158 valence electrons. The smallest absolute Gasteiger partial charge is 0.341 e. The van der Waals surface area contributed by atoms with Crippen molar-refractivity contribution in [3.63, 3.8) is 0 Å². The Morgan fingerprint density at radius 2 is 1.93 bits per heavy atom. The fourth-order valence-electron chi connectivity index (χ4n) is 2.83. The first-order valence-corrected chi connectivity index (χ1v) is 8.82. The van der Waals surface area contributed by atoms with Crippen LogP contribution in [0.4, 0.5) is 24.7 Å². The largest absolute Gasteiger partial charge is 0.477 e. The lowest BCUT2D eigenvalue weighted by atomic mass is 10.1. The number of carboxylic acids is 1. The Bertz CT molecular complexity index is 1230. The van der Waals surface area contributed by atoms with Gasteiger partial charge in [0.05, 0.1) is 21.6 Å². The number of benzene rings is 1. The minimum absolute atomic E-state index is 0.117. The summed E-state index contributed by atoms with van der Waals surface area (Å²) >= 11 is 6.28. The van der Waals surface area contributed by atoms with Crippen molar-refractivity contribution in [2.75, 3.05) is 24.2 Å². The van der Waals surface area contributed by atoms with Gasteiger partial charge in [0.25, 0.3) is 0 Å². The maximum absolute atomic E-state index is 14.6. The molecular formula is C18H14ClF3N4O4. The van der Waals surface area contributed by atoms with Crippen LogP contribution in [-0.4, -0.2) is 38.9 Å².